The number of piperazine rings is 1. The van der Waals surface area contributed by atoms with Gasteiger partial charge in [-0.3, -0.25) is 9.69 Å². The summed E-state index contributed by atoms with van der Waals surface area (Å²) >= 11 is 0. The number of likely N-dealkylation sites (N-methyl/N-ethyl adjacent to an activating group) is 1. The highest BCUT2D eigenvalue weighted by molar-refractivity contribution is 5.91. The number of carbonyl (C=O) groups is 3. The number of rotatable bonds is 6. The minimum absolute atomic E-state index is 0.0311. The molecular formula is C37H51N7O5. The fraction of sp³-hybridized carbons (Fsp3) is 0.595. The molecule has 12 heteroatoms. The van der Waals surface area contributed by atoms with Crippen LogP contribution in [-0.2, 0) is 22.4 Å². The number of hydrogen-bond acceptors (Lipinski definition) is 8. The van der Waals surface area contributed by atoms with Crippen molar-refractivity contribution in [1.82, 2.24) is 24.9 Å². The molecule has 0 saturated carbocycles. The average molecular weight is 674 g/mol. The van der Waals surface area contributed by atoms with E-state index in [4.69, 9.17) is 9.47 Å². The van der Waals surface area contributed by atoms with Gasteiger partial charge in [-0.05, 0) is 80.9 Å². The zero-order valence-corrected chi connectivity index (χ0v) is 29.0. The number of urea groups is 1. The lowest BCUT2D eigenvalue weighted by Crippen LogP contribution is -2.56. The highest BCUT2D eigenvalue weighted by atomic mass is 16.6. The summed E-state index contributed by atoms with van der Waals surface area (Å²) in [5.74, 6) is 0.669. The molecule has 4 amide bonds. The van der Waals surface area contributed by atoms with Crippen LogP contribution in [0.4, 0.5) is 21.0 Å². The van der Waals surface area contributed by atoms with Crippen molar-refractivity contribution in [2.75, 3.05) is 89.3 Å². The Morgan fingerprint density at radius 3 is 2.45 bits per heavy atom. The van der Waals surface area contributed by atoms with Gasteiger partial charge in [-0.15, -0.1) is 0 Å². The van der Waals surface area contributed by atoms with E-state index >= 15 is 0 Å². The number of benzene rings is 2. The Morgan fingerprint density at radius 1 is 0.918 bits per heavy atom. The van der Waals surface area contributed by atoms with Crippen LogP contribution in [0.3, 0.4) is 0 Å². The number of para-hydroxylation sites is 1. The fourth-order valence-corrected chi connectivity index (χ4v) is 8.31. The van der Waals surface area contributed by atoms with Crippen LogP contribution >= 0.6 is 0 Å². The predicted octanol–water partition coefficient (Wildman–Crippen LogP) is 3.32. The Hall–Kier alpha value is -4.03. The first-order valence-electron chi connectivity index (χ1n) is 18.2. The number of nitrogens with one attached hydrogen (secondary N) is 2. The number of piperidine rings is 2. The highest BCUT2D eigenvalue weighted by Gasteiger charge is 2.36. The summed E-state index contributed by atoms with van der Waals surface area (Å²) in [7, 11) is 2.06. The number of carbonyl (C=O) groups excluding carboxylic acids is 3. The molecule has 12 nitrogen and oxygen atoms in total. The van der Waals surface area contributed by atoms with E-state index in [0.717, 1.165) is 85.8 Å². The van der Waals surface area contributed by atoms with Crippen LogP contribution in [0.5, 0.6) is 5.75 Å². The van der Waals surface area contributed by atoms with Gasteiger partial charge in [-0.25, -0.2) is 9.59 Å². The van der Waals surface area contributed by atoms with Gasteiger partial charge >= 0.3 is 12.1 Å². The van der Waals surface area contributed by atoms with Gasteiger partial charge in [0.2, 0.25) is 0 Å². The van der Waals surface area contributed by atoms with Gasteiger partial charge in [0.05, 0.1) is 12.2 Å². The number of amides is 4. The number of anilines is 2. The minimum Gasteiger partial charge on any atom is -0.490 e. The topological polar surface area (TPSA) is 110 Å². The molecule has 1 atom stereocenters. The van der Waals surface area contributed by atoms with Crippen molar-refractivity contribution < 1.29 is 23.9 Å². The van der Waals surface area contributed by atoms with Crippen molar-refractivity contribution in [3.8, 4) is 5.75 Å². The number of ether oxygens (including phenoxy) is 2. The minimum atomic E-state index is -0.940. The second-order valence-electron chi connectivity index (χ2n) is 14.2. The monoisotopic (exact) mass is 673 g/mol. The van der Waals surface area contributed by atoms with Crippen molar-refractivity contribution in [3.63, 3.8) is 0 Å². The summed E-state index contributed by atoms with van der Waals surface area (Å²) < 4.78 is 12.2. The molecule has 7 rings (SSSR count). The third kappa shape index (κ3) is 7.45. The third-order valence-corrected chi connectivity index (χ3v) is 11.1. The molecule has 0 aromatic heterocycles. The molecule has 2 aromatic carbocycles. The molecule has 2 N–H and O–H groups in total. The zero-order chi connectivity index (χ0) is 33.9. The Labute approximate surface area is 289 Å². The van der Waals surface area contributed by atoms with Gasteiger partial charge in [0.25, 0.3) is 5.91 Å². The largest absolute Gasteiger partial charge is 0.490 e. The number of hydrogen-bond donors (Lipinski definition) is 2. The number of nitrogens with zero attached hydrogens (tertiary/aromatic N) is 5. The first kappa shape index (κ1) is 33.5. The summed E-state index contributed by atoms with van der Waals surface area (Å²) in [5.41, 5.74) is 5.06. The zero-order valence-electron chi connectivity index (χ0n) is 29.0. The molecule has 1 unspecified atom stereocenters. The van der Waals surface area contributed by atoms with E-state index < -0.39 is 12.2 Å². The van der Waals surface area contributed by atoms with E-state index in [1.165, 1.54) is 0 Å². The molecule has 0 radical (unpaired) electrons. The van der Waals surface area contributed by atoms with E-state index in [1.54, 1.807) is 4.90 Å². The average Bonchev–Trinajstić information content (AvgIpc) is 3.29. The number of aryl methyl sites for hydroxylation is 1. The van der Waals surface area contributed by atoms with Crippen LogP contribution in [0.1, 0.15) is 42.4 Å². The lowest BCUT2D eigenvalue weighted by Gasteiger charge is -2.41. The second kappa shape index (κ2) is 14.8. The highest BCUT2D eigenvalue weighted by Crippen LogP contribution is 2.36. The number of fused-ring (bicyclic) bond motifs is 2. The maximum atomic E-state index is 14.2. The van der Waals surface area contributed by atoms with Crippen LogP contribution in [0, 0.1) is 6.92 Å². The quantitative estimate of drug-likeness (QED) is 0.481. The molecule has 5 aliphatic heterocycles. The Balaban J connectivity index is 1.01. The third-order valence-electron chi connectivity index (χ3n) is 11.1. The smallest absolute Gasteiger partial charge is 0.410 e. The first-order valence-corrected chi connectivity index (χ1v) is 18.2. The normalized spacial score (nSPS) is 21.6. The molecule has 5 aliphatic rings. The Kier molecular flexibility index (Phi) is 10.1. The van der Waals surface area contributed by atoms with Crippen LogP contribution in [0.15, 0.2) is 36.4 Å². The van der Waals surface area contributed by atoms with E-state index in [9.17, 15) is 14.4 Å². The van der Waals surface area contributed by atoms with E-state index in [-0.39, 0.29) is 24.4 Å². The van der Waals surface area contributed by atoms with Crippen molar-refractivity contribution in [2.24, 2.45) is 0 Å². The molecule has 3 saturated heterocycles. The molecule has 264 valence electrons. The Morgan fingerprint density at radius 2 is 1.67 bits per heavy atom. The van der Waals surface area contributed by atoms with Gasteiger partial charge in [0.1, 0.15) is 12.4 Å². The van der Waals surface area contributed by atoms with Crippen molar-refractivity contribution in [3.05, 3.63) is 53.1 Å². The standard InChI is InChI=1S/C37H51N7O5/c1-26-23-27(24-32-34(26)40(2)21-22-48-32)25-33(35(45)42-19-17-41(18-20-42)29-7-12-38-13-8-29)49-37(47)43-14-10-30(11-15-43)44-16-9-28-5-3-4-6-31(28)39-36(44)46/h3-6,23-24,29-30,33,38H,7-22,25H2,1-2H3,(H,39,46). The van der Waals surface area contributed by atoms with Crippen LogP contribution in [0.25, 0.3) is 0 Å². The molecule has 3 fully saturated rings. The first-order chi connectivity index (χ1) is 23.8. The molecular weight excluding hydrogens is 622 g/mol. The molecule has 0 aliphatic carbocycles. The van der Waals surface area contributed by atoms with Crippen LogP contribution in [0.2, 0.25) is 0 Å². The molecule has 0 bridgehead atoms. The summed E-state index contributed by atoms with van der Waals surface area (Å²) in [6.07, 6.45) is 3.25. The van der Waals surface area contributed by atoms with Gasteiger partial charge in [-0.2, -0.15) is 0 Å². The summed E-state index contributed by atoms with van der Waals surface area (Å²) in [6.45, 7) is 10.1. The molecule has 0 spiro atoms. The SMILES string of the molecule is Cc1cc(CC(OC(=O)N2CCC(N3CCc4ccccc4NC3=O)CC2)C(=O)N2CCN(C3CCNCC3)CC2)cc2c1N(C)CCO2. The van der Waals surface area contributed by atoms with Gasteiger partial charge in [-0.1, -0.05) is 24.3 Å². The van der Waals surface area contributed by atoms with E-state index in [1.807, 2.05) is 34.1 Å². The summed E-state index contributed by atoms with van der Waals surface area (Å²) in [4.78, 5) is 51.2. The van der Waals surface area contributed by atoms with Gasteiger partial charge in [0.15, 0.2) is 6.10 Å². The second-order valence-corrected chi connectivity index (χ2v) is 14.2. The summed E-state index contributed by atoms with van der Waals surface area (Å²) in [5, 5.41) is 6.51. The van der Waals surface area contributed by atoms with E-state index in [2.05, 4.69) is 46.5 Å². The number of likely N-dealkylation sites (tertiary alicyclic amines) is 1. The molecule has 5 heterocycles. The van der Waals surface area contributed by atoms with Gasteiger partial charge < -0.3 is 39.7 Å². The Bertz CT molecular complexity index is 1510. The maximum Gasteiger partial charge on any atom is 0.410 e. The van der Waals surface area contributed by atoms with Crippen LogP contribution < -0.4 is 20.3 Å². The van der Waals surface area contributed by atoms with Gasteiger partial charge in [0, 0.05) is 77.1 Å². The molecule has 2 aromatic rings. The van der Waals surface area contributed by atoms with Crippen LogP contribution in [-0.4, -0.2) is 135 Å². The summed E-state index contributed by atoms with van der Waals surface area (Å²) in [6, 6.07) is 12.5. The van der Waals surface area contributed by atoms with Crippen molar-refractivity contribution >= 4 is 29.4 Å². The fourth-order valence-electron chi connectivity index (χ4n) is 8.31. The van der Waals surface area contributed by atoms with E-state index in [0.29, 0.717) is 58.2 Å². The van der Waals surface area contributed by atoms with Crippen molar-refractivity contribution in [2.45, 2.75) is 63.6 Å². The molecule has 49 heavy (non-hydrogen) atoms. The maximum absolute atomic E-state index is 14.2. The predicted molar refractivity (Wildman–Crippen MR) is 188 cm³/mol. The lowest BCUT2D eigenvalue weighted by molar-refractivity contribution is -0.143. The lowest BCUT2D eigenvalue weighted by atomic mass is 10.0. The van der Waals surface area contributed by atoms with Crippen molar-refractivity contribution in [1.29, 1.82) is 0 Å².